The largest absolute Gasteiger partial charge is 0.394 e. The molecule has 4 N–H and O–H groups in total. The SMILES string of the molecule is C=C1C[C@@H]2CCC(=O)C[C@@H]3O[C@H]4[C@@H](O)[C@H]5OC(CC[C@@H]5O[C@H]4[C@H]3O)CC(=O)C[C@@H]3[C@@H](C)[C@@H](C[C@H](O)CO)O[C@H]3CC3O[C@@H](CCC1O2)C[C@@H](C)C3=C.CC#CC#CC#CC#CC#CC. The Morgan fingerprint density at radius 3 is 1.94 bits per heavy atom. The molecule has 8 bridgehead atoms. The van der Waals surface area contributed by atoms with Crippen LogP contribution in [0.25, 0.3) is 0 Å². The Kier molecular flexibility index (Phi) is 18.3. The van der Waals surface area contributed by atoms with Crippen molar-refractivity contribution in [3.05, 3.63) is 24.3 Å². The summed E-state index contributed by atoms with van der Waals surface area (Å²) >= 11 is 0. The number of fused-ring (bicyclic) bond motifs is 7. The second kappa shape index (κ2) is 23.6. The number of hydrogen-bond donors (Lipinski definition) is 4. The summed E-state index contributed by atoms with van der Waals surface area (Å²) < 4.78 is 38.4. The molecule has 3 unspecified atom stereocenters. The van der Waals surface area contributed by atoms with Gasteiger partial charge in [0.05, 0.1) is 67.6 Å². The molecule has 0 saturated carbocycles. The van der Waals surface area contributed by atoms with Crippen molar-refractivity contribution in [2.75, 3.05) is 6.61 Å². The number of carbonyl (C=O) groups is 2. The maximum Gasteiger partial charge on any atom is 0.135 e. The van der Waals surface area contributed by atoms with E-state index in [9.17, 15) is 30.0 Å². The summed E-state index contributed by atoms with van der Waals surface area (Å²) in [4.78, 5) is 26.9. The van der Waals surface area contributed by atoms with E-state index in [4.69, 9.17) is 28.4 Å². The molecular formula is C52H66O12. The lowest BCUT2D eigenvalue weighted by Crippen LogP contribution is -2.61. The zero-order valence-corrected chi connectivity index (χ0v) is 37.8. The average Bonchev–Trinajstić information content (AvgIpc) is 3.89. The third-order valence-electron chi connectivity index (χ3n) is 14.0. The number of ketones is 2. The van der Waals surface area contributed by atoms with Crippen LogP contribution >= 0.6 is 0 Å². The van der Waals surface area contributed by atoms with Crippen molar-refractivity contribution in [2.24, 2.45) is 17.8 Å². The van der Waals surface area contributed by atoms with Gasteiger partial charge >= 0.3 is 0 Å². The fourth-order valence-electron chi connectivity index (χ4n) is 10.5. The third-order valence-corrected chi connectivity index (χ3v) is 14.0. The zero-order valence-electron chi connectivity index (χ0n) is 37.8. The van der Waals surface area contributed by atoms with Crippen LogP contribution in [-0.2, 0) is 38.0 Å². The van der Waals surface area contributed by atoms with Gasteiger partial charge in [-0.25, -0.2) is 0 Å². The maximum atomic E-state index is 13.8. The number of Topliss-reactive ketones (excluding diaryl/α,β-unsaturated/α-hetero) is 2. The molecule has 7 fully saturated rings. The number of hydrogen-bond acceptors (Lipinski definition) is 12. The summed E-state index contributed by atoms with van der Waals surface area (Å²) in [6.45, 7) is 16.0. The summed E-state index contributed by atoms with van der Waals surface area (Å²) in [6, 6.07) is 0. The number of carbonyl (C=O) groups excluding carboxylic acids is 2. The van der Waals surface area contributed by atoms with Crippen molar-refractivity contribution in [1.29, 1.82) is 0 Å². The van der Waals surface area contributed by atoms with E-state index in [2.05, 4.69) is 86.2 Å². The van der Waals surface area contributed by atoms with Crippen LogP contribution in [0, 0.1) is 77.0 Å². The smallest absolute Gasteiger partial charge is 0.135 e. The minimum Gasteiger partial charge on any atom is -0.394 e. The third kappa shape index (κ3) is 12.8. The molecule has 7 heterocycles. The van der Waals surface area contributed by atoms with Crippen molar-refractivity contribution in [3.63, 3.8) is 0 Å². The van der Waals surface area contributed by atoms with Gasteiger partial charge in [0, 0.05) is 38.5 Å². The van der Waals surface area contributed by atoms with Gasteiger partial charge in [0.25, 0.3) is 0 Å². The van der Waals surface area contributed by atoms with Crippen LogP contribution in [-0.4, -0.2) is 130 Å². The summed E-state index contributed by atoms with van der Waals surface area (Å²) in [6.07, 6.45) is -1.85. The molecule has 0 radical (unpaired) electrons. The molecule has 7 saturated heterocycles. The molecule has 7 rings (SSSR count). The van der Waals surface area contributed by atoms with Crippen molar-refractivity contribution < 1.29 is 58.4 Å². The van der Waals surface area contributed by atoms with Crippen molar-refractivity contribution in [1.82, 2.24) is 0 Å². The Labute approximate surface area is 379 Å². The molecule has 346 valence electrons. The highest BCUT2D eigenvalue weighted by Crippen LogP contribution is 2.44. The minimum absolute atomic E-state index is 0.00785. The zero-order chi connectivity index (χ0) is 45.9. The van der Waals surface area contributed by atoms with Crippen LogP contribution in [0.1, 0.15) is 111 Å². The van der Waals surface area contributed by atoms with Gasteiger partial charge in [0.15, 0.2) is 0 Å². The minimum atomic E-state index is -1.08. The van der Waals surface area contributed by atoms with E-state index >= 15 is 0 Å². The Hall–Kier alpha value is -3.78. The molecule has 7 aliphatic heterocycles. The normalized spacial score (nSPS) is 40.0. The topological polar surface area (TPSA) is 170 Å². The van der Waals surface area contributed by atoms with Crippen LogP contribution < -0.4 is 0 Å². The summed E-state index contributed by atoms with van der Waals surface area (Å²) in [5.41, 5.74) is 2.04. The predicted octanol–water partition coefficient (Wildman–Crippen LogP) is 3.93. The number of aliphatic hydroxyl groups is 4. The molecule has 12 nitrogen and oxygen atoms in total. The Morgan fingerprint density at radius 1 is 0.625 bits per heavy atom. The monoisotopic (exact) mass is 882 g/mol. The summed E-state index contributed by atoms with van der Waals surface area (Å²) in [5.74, 6) is 25.6. The molecule has 12 heteroatoms. The first-order valence-electron chi connectivity index (χ1n) is 23.1. The van der Waals surface area contributed by atoms with Gasteiger partial charge < -0.3 is 48.8 Å². The maximum absolute atomic E-state index is 13.8. The molecule has 0 aromatic rings. The van der Waals surface area contributed by atoms with Crippen LogP contribution in [0.5, 0.6) is 0 Å². The summed E-state index contributed by atoms with van der Waals surface area (Å²) in [5, 5.41) is 42.5. The van der Waals surface area contributed by atoms with Crippen molar-refractivity contribution in [2.45, 2.75) is 203 Å². The lowest BCUT2D eigenvalue weighted by molar-refractivity contribution is -0.259. The molecule has 18 atom stereocenters. The van der Waals surface area contributed by atoms with Gasteiger partial charge in [-0.05, 0) is 135 Å². The van der Waals surface area contributed by atoms with E-state index in [1.54, 1.807) is 13.8 Å². The fourth-order valence-corrected chi connectivity index (χ4v) is 10.5. The van der Waals surface area contributed by atoms with Crippen LogP contribution in [0.3, 0.4) is 0 Å². The Balaban J connectivity index is 0.000000497. The highest BCUT2D eigenvalue weighted by Gasteiger charge is 2.57. The number of ether oxygens (including phenoxy) is 6. The quantitative estimate of drug-likeness (QED) is 0.239. The molecule has 0 aromatic carbocycles. The van der Waals surface area contributed by atoms with Gasteiger partial charge in [-0.15, -0.1) is 0 Å². The van der Waals surface area contributed by atoms with Gasteiger partial charge in [-0.2, -0.15) is 0 Å². The van der Waals surface area contributed by atoms with Gasteiger partial charge in [0.1, 0.15) is 42.1 Å². The van der Waals surface area contributed by atoms with Crippen LogP contribution in [0.15, 0.2) is 24.3 Å². The Bertz CT molecular complexity index is 1960. The van der Waals surface area contributed by atoms with Gasteiger partial charge in [-0.3, -0.25) is 9.59 Å². The first-order valence-corrected chi connectivity index (χ1v) is 23.1. The van der Waals surface area contributed by atoms with Crippen molar-refractivity contribution >= 4 is 11.6 Å². The average molecular weight is 883 g/mol. The van der Waals surface area contributed by atoms with E-state index in [1.165, 1.54) is 0 Å². The number of aliphatic hydroxyl groups excluding tert-OH is 4. The second-order valence-corrected chi connectivity index (χ2v) is 18.5. The molecule has 0 aliphatic carbocycles. The molecule has 0 amide bonds. The van der Waals surface area contributed by atoms with Gasteiger partial charge in [0.2, 0.25) is 0 Å². The molecule has 64 heavy (non-hydrogen) atoms. The van der Waals surface area contributed by atoms with E-state index in [-0.39, 0.29) is 105 Å². The van der Waals surface area contributed by atoms with E-state index in [0.717, 1.165) is 30.4 Å². The number of rotatable bonds is 3. The Morgan fingerprint density at radius 2 is 1.25 bits per heavy atom. The molecule has 0 aromatic heterocycles. The highest BCUT2D eigenvalue weighted by molar-refractivity contribution is 5.79. The molecule has 0 spiro atoms. The summed E-state index contributed by atoms with van der Waals surface area (Å²) in [7, 11) is 0. The highest BCUT2D eigenvalue weighted by atomic mass is 16.6. The molecule has 7 aliphatic rings. The lowest BCUT2D eigenvalue weighted by Gasteiger charge is -2.46. The fraction of sp³-hybridized carbons (Fsp3) is 0.692. The first kappa shape index (κ1) is 49.6. The van der Waals surface area contributed by atoms with Gasteiger partial charge in [-0.1, -0.05) is 38.8 Å². The standard InChI is InChI=1S/C40H60O12.C12H6/c1-19-11-27-7-9-30-20(2)12-26(47-30)6-5-23(42)15-35-36(45)39-40(52-35)37(46)38-31(51-39)10-8-28(49-38)13-24(43)14-29-22(4)32(16-25(44)18-41)50-34(29)17-33(48-27)21(19)3;1-3-5-7-9-11-12-10-8-6-4-2/h19,22,25-41,44-46H,2-3,5-18H2,1,4H3;1-2H3/t19-,22-,25+,26+,27+,28?,29-,30?,31+,32-,33?,34+,35+,36+,37+,38+,39+,40+;/m1./s1. The molecular weight excluding hydrogens is 817 g/mol. The van der Waals surface area contributed by atoms with Crippen molar-refractivity contribution in [3.8, 4) is 59.2 Å². The predicted molar refractivity (Wildman–Crippen MR) is 237 cm³/mol. The van der Waals surface area contributed by atoms with Crippen LogP contribution in [0.4, 0.5) is 0 Å². The van der Waals surface area contributed by atoms with Crippen LogP contribution in [0.2, 0.25) is 0 Å². The van der Waals surface area contributed by atoms with E-state index in [0.29, 0.717) is 32.1 Å². The first-order chi connectivity index (χ1) is 30.8. The van der Waals surface area contributed by atoms with E-state index < -0.39 is 54.9 Å². The van der Waals surface area contributed by atoms with E-state index in [1.807, 2.05) is 0 Å². The second-order valence-electron chi connectivity index (χ2n) is 18.5. The lowest BCUT2D eigenvalue weighted by atomic mass is 9.79.